The van der Waals surface area contributed by atoms with E-state index >= 15 is 0 Å². The molecular formula is C16H23NO3. The van der Waals surface area contributed by atoms with Crippen molar-refractivity contribution in [1.29, 1.82) is 0 Å². The van der Waals surface area contributed by atoms with Crippen molar-refractivity contribution < 1.29 is 15.0 Å². The van der Waals surface area contributed by atoms with Crippen molar-refractivity contribution in [1.82, 2.24) is 5.32 Å². The average molecular weight is 277 g/mol. The highest BCUT2D eigenvalue weighted by Crippen LogP contribution is 2.27. The first kappa shape index (κ1) is 15.0. The van der Waals surface area contributed by atoms with E-state index < -0.39 is 6.10 Å². The molecule has 0 bridgehead atoms. The predicted octanol–water partition coefficient (Wildman–Crippen LogP) is 1.43. The third kappa shape index (κ3) is 3.38. The van der Waals surface area contributed by atoms with Gasteiger partial charge in [0.15, 0.2) is 0 Å². The van der Waals surface area contributed by atoms with Gasteiger partial charge < -0.3 is 15.5 Å². The first-order valence-corrected chi connectivity index (χ1v) is 7.30. The molecule has 0 unspecified atom stereocenters. The number of rotatable bonds is 5. The molecule has 20 heavy (non-hydrogen) atoms. The zero-order valence-electron chi connectivity index (χ0n) is 11.8. The fraction of sp³-hybridized carbons (Fsp3) is 0.562. The van der Waals surface area contributed by atoms with Crippen LogP contribution in [-0.4, -0.2) is 34.9 Å². The Kier molecular flexibility index (Phi) is 5.15. The number of hydrogen-bond acceptors (Lipinski definition) is 3. The maximum Gasteiger partial charge on any atom is 0.227 e. The van der Waals surface area contributed by atoms with Gasteiger partial charge in [0.25, 0.3) is 0 Å². The Balaban J connectivity index is 1.97. The molecule has 4 heteroatoms. The molecule has 1 aromatic carbocycles. The van der Waals surface area contributed by atoms with Crippen LogP contribution in [0.1, 0.15) is 37.7 Å². The molecule has 0 aliphatic heterocycles. The second-order valence-corrected chi connectivity index (χ2v) is 5.56. The van der Waals surface area contributed by atoms with E-state index in [2.05, 4.69) is 5.32 Å². The van der Waals surface area contributed by atoms with Crippen LogP contribution in [-0.2, 0) is 4.79 Å². The average Bonchev–Trinajstić information content (AvgIpc) is 2.80. The van der Waals surface area contributed by atoms with Crippen LogP contribution < -0.4 is 5.32 Å². The molecule has 0 spiro atoms. The van der Waals surface area contributed by atoms with E-state index in [9.17, 15) is 9.90 Å². The first-order valence-electron chi connectivity index (χ1n) is 7.30. The molecule has 1 aliphatic rings. The predicted molar refractivity (Wildman–Crippen MR) is 77.2 cm³/mol. The van der Waals surface area contributed by atoms with Crippen LogP contribution in [0.25, 0.3) is 0 Å². The third-order valence-corrected chi connectivity index (χ3v) is 4.17. The van der Waals surface area contributed by atoms with Crippen molar-refractivity contribution in [3.05, 3.63) is 35.9 Å². The van der Waals surface area contributed by atoms with E-state index in [1.54, 1.807) is 0 Å². The van der Waals surface area contributed by atoms with Crippen molar-refractivity contribution in [3.63, 3.8) is 0 Å². The van der Waals surface area contributed by atoms with Gasteiger partial charge in [-0.05, 0) is 24.8 Å². The molecule has 4 nitrogen and oxygen atoms in total. The summed E-state index contributed by atoms with van der Waals surface area (Å²) in [6, 6.07) is 9.71. The van der Waals surface area contributed by atoms with Gasteiger partial charge in [0, 0.05) is 18.6 Å². The van der Waals surface area contributed by atoms with Gasteiger partial charge in [-0.3, -0.25) is 4.79 Å². The van der Waals surface area contributed by atoms with Crippen molar-refractivity contribution >= 4 is 5.91 Å². The molecule has 110 valence electrons. The van der Waals surface area contributed by atoms with Crippen LogP contribution >= 0.6 is 0 Å². The summed E-state index contributed by atoms with van der Waals surface area (Å²) in [4.78, 5) is 12.4. The largest absolute Gasteiger partial charge is 0.396 e. The smallest absolute Gasteiger partial charge is 0.227 e. The number of carbonyl (C=O) groups excluding carboxylic acids is 1. The molecule has 0 aromatic heterocycles. The van der Waals surface area contributed by atoms with Crippen LogP contribution in [0.5, 0.6) is 0 Å². The number of benzene rings is 1. The van der Waals surface area contributed by atoms with Gasteiger partial charge in [-0.2, -0.15) is 0 Å². The fourth-order valence-electron chi connectivity index (χ4n) is 2.98. The zero-order valence-corrected chi connectivity index (χ0v) is 11.8. The van der Waals surface area contributed by atoms with Crippen LogP contribution in [0.15, 0.2) is 30.3 Å². The Morgan fingerprint density at radius 1 is 1.35 bits per heavy atom. The molecule has 0 saturated heterocycles. The molecule has 0 radical (unpaired) electrons. The summed E-state index contributed by atoms with van der Waals surface area (Å²) in [5, 5.41) is 21.9. The summed E-state index contributed by atoms with van der Waals surface area (Å²) < 4.78 is 0. The number of hydrogen-bond donors (Lipinski definition) is 3. The number of nitrogens with one attached hydrogen (secondary N) is 1. The summed E-state index contributed by atoms with van der Waals surface area (Å²) in [7, 11) is 0. The number of aliphatic hydroxyl groups excluding tert-OH is 2. The lowest BCUT2D eigenvalue weighted by atomic mass is 9.95. The minimum Gasteiger partial charge on any atom is -0.396 e. The van der Waals surface area contributed by atoms with E-state index in [0.29, 0.717) is 12.8 Å². The van der Waals surface area contributed by atoms with Gasteiger partial charge in [-0.15, -0.1) is 0 Å². The number of carbonyl (C=O) groups is 1. The van der Waals surface area contributed by atoms with Gasteiger partial charge in [0.1, 0.15) is 0 Å². The lowest BCUT2D eigenvalue weighted by molar-refractivity contribution is -0.123. The van der Waals surface area contributed by atoms with Crippen LogP contribution in [0.2, 0.25) is 0 Å². The molecule has 1 saturated carbocycles. The van der Waals surface area contributed by atoms with Gasteiger partial charge in [-0.25, -0.2) is 0 Å². The summed E-state index contributed by atoms with van der Waals surface area (Å²) in [6.07, 6.45) is 1.41. The highest BCUT2D eigenvalue weighted by molar-refractivity contribution is 5.83. The normalized spacial score (nSPS) is 27.2. The van der Waals surface area contributed by atoms with Gasteiger partial charge in [0.05, 0.1) is 12.0 Å². The minimum absolute atomic E-state index is 0.00879. The second-order valence-electron chi connectivity index (χ2n) is 5.56. The highest BCUT2D eigenvalue weighted by Gasteiger charge is 2.34. The second kappa shape index (κ2) is 6.86. The Morgan fingerprint density at radius 2 is 2.05 bits per heavy atom. The monoisotopic (exact) mass is 277 g/mol. The standard InChI is InChI=1S/C16H23NO3/c1-2-14(11-6-4-3-5-7-11)16(20)17-13-8-12(10-18)15(19)9-13/h3-7,12-15,18-19H,2,8-10H2,1H3,(H,17,20)/t12-,13-,14-,15-/m1/s1. The quantitative estimate of drug-likeness (QED) is 0.762. The summed E-state index contributed by atoms with van der Waals surface area (Å²) in [5.74, 6) is -0.256. The molecule has 2 rings (SSSR count). The SMILES string of the molecule is CC[C@@H](C(=O)N[C@@H]1C[C@H](CO)[C@H](O)C1)c1ccccc1. The van der Waals surface area contributed by atoms with E-state index in [1.165, 1.54) is 0 Å². The van der Waals surface area contributed by atoms with Crippen LogP contribution in [0.3, 0.4) is 0 Å². The molecule has 1 amide bonds. The molecule has 0 heterocycles. The van der Waals surface area contributed by atoms with Gasteiger partial charge in [-0.1, -0.05) is 37.3 Å². The summed E-state index contributed by atoms with van der Waals surface area (Å²) >= 11 is 0. The van der Waals surface area contributed by atoms with E-state index in [0.717, 1.165) is 12.0 Å². The Bertz CT molecular complexity index is 435. The van der Waals surface area contributed by atoms with Crippen molar-refractivity contribution in [3.8, 4) is 0 Å². The summed E-state index contributed by atoms with van der Waals surface area (Å²) in [5.41, 5.74) is 1.02. The third-order valence-electron chi connectivity index (χ3n) is 4.17. The lowest BCUT2D eigenvalue weighted by Gasteiger charge is -2.19. The highest BCUT2D eigenvalue weighted by atomic mass is 16.3. The van der Waals surface area contributed by atoms with Crippen LogP contribution in [0.4, 0.5) is 0 Å². The number of amides is 1. The molecule has 3 N–H and O–H groups in total. The first-order chi connectivity index (χ1) is 9.65. The Labute approximate surface area is 119 Å². The topological polar surface area (TPSA) is 69.6 Å². The lowest BCUT2D eigenvalue weighted by Crippen LogP contribution is -2.36. The van der Waals surface area contributed by atoms with E-state index in [1.807, 2.05) is 37.3 Å². The number of aliphatic hydroxyl groups is 2. The molecule has 1 aliphatic carbocycles. The molecular weight excluding hydrogens is 254 g/mol. The van der Waals surface area contributed by atoms with Crippen molar-refractivity contribution in [2.24, 2.45) is 5.92 Å². The van der Waals surface area contributed by atoms with Gasteiger partial charge >= 0.3 is 0 Å². The Hall–Kier alpha value is -1.39. The maximum atomic E-state index is 12.4. The van der Waals surface area contributed by atoms with Gasteiger partial charge in [0.2, 0.25) is 5.91 Å². The fourth-order valence-corrected chi connectivity index (χ4v) is 2.98. The molecule has 4 atom stereocenters. The Morgan fingerprint density at radius 3 is 2.60 bits per heavy atom. The zero-order chi connectivity index (χ0) is 14.5. The molecule has 1 fully saturated rings. The van der Waals surface area contributed by atoms with E-state index in [-0.39, 0.29) is 30.4 Å². The summed E-state index contributed by atoms with van der Waals surface area (Å²) in [6.45, 7) is 1.97. The molecule has 1 aromatic rings. The minimum atomic E-state index is -0.512. The van der Waals surface area contributed by atoms with E-state index in [4.69, 9.17) is 5.11 Å². The van der Waals surface area contributed by atoms with Crippen molar-refractivity contribution in [2.45, 2.75) is 44.2 Å². The van der Waals surface area contributed by atoms with Crippen molar-refractivity contribution in [2.75, 3.05) is 6.61 Å². The van der Waals surface area contributed by atoms with Crippen LogP contribution in [0, 0.1) is 5.92 Å². The maximum absolute atomic E-state index is 12.4.